The van der Waals surface area contributed by atoms with Crippen LogP contribution in [0, 0.1) is 0 Å². The minimum absolute atomic E-state index is 0.693. The number of hydrogen-bond acceptors (Lipinski definition) is 3. The number of nitrogens with zero attached hydrogens (tertiary/aromatic N) is 1. The van der Waals surface area contributed by atoms with Crippen LogP contribution in [0.3, 0.4) is 0 Å². The van der Waals surface area contributed by atoms with Gasteiger partial charge in [0.15, 0.2) is 0 Å². The summed E-state index contributed by atoms with van der Waals surface area (Å²) < 4.78 is 0. The summed E-state index contributed by atoms with van der Waals surface area (Å²) in [7, 11) is 0. The zero-order chi connectivity index (χ0) is 13.1. The van der Waals surface area contributed by atoms with Crippen molar-refractivity contribution in [1.29, 1.82) is 0 Å². The predicted molar refractivity (Wildman–Crippen MR) is 76.4 cm³/mol. The highest BCUT2D eigenvalue weighted by molar-refractivity contribution is 5.22. The minimum Gasteiger partial charge on any atom is -0.402 e. The van der Waals surface area contributed by atoms with Crippen LogP contribution in [0.15, 0.2) is 35.7 Å². The van der Waals surface area contributed by atoms with E-state index in [-0.39, 0.29) is 0 Å². The van der Waals surface area contributed by atoms with Crippen molar-refractivity contribution in [3.8, 4) is 0 Å². The van der Waals surface area contributed by atoms with Crippen molar-refractivity contribution in [3.63, 3.8) is 0 Å². The second-order valence-corrected chi connectivity index (χ2v) is 4.28. The predicted octanol–water partition coefficient (Wildman–Crippen LogP) is 2.37. The molecule has 0 saturated carbocycles. The summed E-state index contributed by atoms with van der Waals surface area (Å²) >= 11 is 0. The molecule has 0 spiro atoms. The van der Waals surface area contributed by atoms with Crippen LogP contribution in [-0.2, 0) is 0 Å². The molecule has 0 amide bonds. The van der Waals surface area contributed by atoms with Crippen molar-refractivity contribution < 1.29 is 0 Å². The molecule has 98 valence electrons. The van der Waals surface area contributed by atoms with Crippen LogP contribution in [0.1, 0.15) is 33.6 Å². The monoisotopic (exact) mass is 237 g/mol. The van der Waals surface area contributed by atoms with Gasteiger partial charge in [0.1, 0.15) is 0 Å². The van der Waals surface area contributed by atoms with Crippen LogP contribution in [0.5, 0.6) is 0 Å². The minimum atomic E-state index is 0.693. The van der Waals surface area contributed by atoms with Crippen LogP contribution >= 0.6 is 0 Å². The van der Waals surface area contributed by atoms with Crippen molar-refractivity contribution in [2.24, 2.45) is 11.5 Å². The van der Waals surface area contributed by atoms with E-state index in [4.69, 9.17) is 11.5 Å². The Bertz CT molecular complexity index is 267. The van der Waals surface area contributed by atoms with Gasteiger partial charge >= 0.3 is 0 Å². The molecule has 0 rings (SSSR count). The number of rotatable bonds is 8. The highest BCUT2D eigenvalue weighted by Gasteiger charge is 1.97. The lowest BCUT2D eigenvalue weighted by molar-refractivity contribution is 0.303. The zero-order valence-corrected chi connectivity index (χ0v) is 11.4. The fraction of sp³-hybridized carbons (Fsp3) is 0.571. The largest absolute Gasteiger partial charge is 0.402 e. The smallest absolute Gasteiger partial charge is 0.0331 e. The molecule has 0 atom stereocenters. The molecule has 0 heterocycles. The molecule has 0 fully saturated rings. The van der Waals surface area contributed by atoms with Crippen LogP contribution in [0.4, 0.5) is 0 Å². The normalized spacial score (nSPS) is 13.9. The maximum Gasteiger partial charge on any atom is 0.0331 e. The Morgan fingerprint density at radius 2 is 1.71 bits per heavy atom. The van der Waals surface area contributed by atoms with E-state index in [0.29, 0.717) is 5.70 Å². The lowest BCUT2D eigenvalue weighted by Crippen LogP contribution is -2.25. The quantitative estimate of drug-likeness (QED) is 0.637. The van der Waals surface area contributed by atoms with Gasteiger partial charge in [0.05, 0.1) is 0 Å². The van der Waals surface area contributed by atoms with Gasteiger partial charge in [-0.05, 0) is 45.0 Å². The second-order valence-electron chi connectivity index (χ2n) is 4.28. The molecule has 0 aliphatic heterocycles. The summed E-state index contributed by atoms with van der Waals surface area (Å²) in [6.07, 6.45) is 10.2. The molecule has 3 nitrogen and oxygen atoms in total. The van der Waals surface area contributed by atoms with Gasteiger partial charge in [-0.3, -0.25) is 4.90 Å². The average Bonchev–Trinajstić information content (AvgIpc) is 2.24. The Labute approximate surface area is 106 Å². The van der Waals surface area contributed by atoms with E-state index in [1.807, 2.05) is 19.1 Å². The summed E-state index contributed by atoms with van der Waals surface area (Å²) in [6.45, 7) is 9.53. The third-order valence-corrected chi connectivity index (χ3v) is 2.26. The van der Waals surface area contributed by atoms with Gasteiger partial charge in [-0.25, -0.2) is 0 Å². The van der Waals surface area contributed by atoms with E-state index in [1.54, 1.807) is 6.08 Å². The van der Waals surface area contributed by atoms with Gasteiger partial charge in [0, 0.05) is 17.9 Å². The van der Waals surface area contributed by atoms with Gasteiger partial charge < -0.3 is 11.5 Å². The van der Waals surface area contributed by atoms with Crippen LogP contribution in [0.25, 0.3) is 0 Å². The molecule has 0 aromatic carbocycles. The molecule has 0 radical (unpaired) electrons. The Hall–Kier alpha value is -1.22. The standard InChI is InChI=1S/C14H27N3/c1-4-9-17(10-5-2)11-7-6-8-14(16)12-13(3)15/h6-8,12H,4-5,9-11,15-16H2,1-3H3/b7-6-,13-12+,14-8+. The number of nitrogens with two attached hydrogens (primary N) is 2. The summed E-state index contributed by atoms with van der Waals surface area (Å²) in [5, 5.41) is 0. The maximum atomic E-state index is 5.75. The molecule has 0 bridgehead atoms. The molecule has 4 N–H and O–H groups in total. The maximum absolute atomic E-state index is 5.75. The van der Waals surface area contributed by atoms with E-state index < -0.39 is 0 Å². The van der Waals surface area contributed by atoms with Crippen LogP contribution in [0.2, 0.25) is 0 Å². The molecule has 17 heavy (non-hydrogen) atoms. The van der Waals surface area contributed by atoms with Crippen LogP contribution < -0.4 is 11.5 Å². The fourth-order valence-electron chi connectivity index (χ4n) is 1.63. The topological polar surface area (TPSA) is 55.3 Å². The molecule has 0 aromatic rings. The fourth-order valence-corrected chi connectivity index (χ4v) is 1.63. The summed E-state index contributed by atoms with van der Waals surface area (Å²) in [5.74, 6) is 0. The van der Waals surface area contributed by atoms with Gasteiger partial charge in [0.2, 0.25) is 0 Å². The van der Waals surface area contributed by atoms with Gasteiger partial charge in [-0.1, -0.05) is 26.0 Å². The molecule has 0 unspecified atom stereocenters. The molecular weight excluding hydrogens is 210 g/mol. The van der Waals surface area contributed by atoms with Crippen molar-refractivity contribution >= 4 is 0 Å². The first-order valence-corrected chi connectivity index (χ1v) is 6.38. The van der Waals surface area contributed by atoms with Crippen molar-refractivity contribution in [3.05, 3.63) is 35.7 Å². The molecule has 3 heteroatoms. The lowest BCUT2D eigenvalue weighted by atomic mass is 10.3. The molecular formula is C14H27N3. The van der Waals surface area contributed by atoms with E-state index in [2.05, 4.69) is 24.8 Å². The Morgan fingerprint density at radius 1 is 1.12 bits per heavy atom. The molecule has 0 saturated heterocycles. The molecule has 0 aromatic heterocycles. The number of allylic oxidation sites excluding steroid dienone is 4. The first-order chi connectivity index (χ1) is 8.10. The lowest BCUT2D eigenvalue weighted by Gasteiger charge is -2.18. The van der Waals surface area contributed by atoms with E-state index in [1.165, 1.54) is 12.8 Å². The molecule has 0 aliphatic rings. The van der Waals surface area contributed by atoms with Crippen molar-refractivity contribution in [1.82, 2.24) is 4.90 Å². The number of hydrogen-bond donors (Lipinski definition) is 2. The first-order valence-electron chi connectivity index (χ1n) is 6.38. The summed E-state index contributed by atoms with van der Waals surface area (Å²) in [5.41, 5.74) is 12.7. The van der Waals surface area contributed by atoms with E-state index >= 15 is 0 Å². The van der Waals surface area contributed by atoms with Gasteiger partial charge in [0.25, 0.3) is 0 Å². The zero-order valence-electron chi connectivity index (χ0n) is 11.4. The molecule has 0 aliphatic carbocycles. The average molecular weight is 237 g/mol. The third kappa shape index (κ3) is 9.69. The third-order valence-electron chi connectivity index (χ3n) is 2.26. The Kier molecular flexibility index (Phi) is 9.25. The van der Waals surface area contributed by atoms with Crippen LogP contribution in [-0.4, -0.2) is 24.5 Å². The second kappa shape index (κ2) is 9.97. The summed E-state index contributed by atoms with van der Waals surface area (Å²) in [4.78, 5) is 2.44. The van der Waals surface area contributed by atoms with Crippen molar-refractivity contribution in [2.45, 2.75) is 33.6 Å². The SMILES string of the molecule is CCCN(C\C=C/C=C(N)\C=C(/C)N)CCC. The highest BCUT2D eigenvalue weighted by Crippen LogP contribution is 1.96. The summed E-state index contributed by atoms with van der Waals surface area (Å²) in [6, 6.07) is 0. The first kappa shape index (κ1) is 15.8. The van der Waals surface area contributed by atoms with Gasteiger partial charge in [-0.15, -0.1) is 0 Å². The Balaban J connectivity index is 4.11. The highest BCUT2D eigenvalue weighted by atomic mass is 15.1. The van der Waals surface area contributed by atoms with Crippen molar-refractivity contribution in [2.75, 3.05) is 19.6 Å². The van der Waals surface area contributed by atoms with E-state index in [9.17, 15) is 0 Å². The van der Waals surface area contributed by atoms with Gasteiger partial charge in [-0.2, -0.15) is 0 Å². The van der Waals surface area contributed by atoms with E-state index in [0.717, 1.165) is 25.3 Å². The Morgan fingerprint density at radius 3 is 2.18 bits per heavy atom.